The Morgan fingerprint density at radius 3 is 2.36 bits per heavy atom. The van der Waals surface area contributed by atoms with Gasteiger partial charge < -0.3 is 9.47 Å². The van der Waals surface area contributed by atoms with Crippen LogP contribution in [0.2, 0.25) is 0 Å². The van der Waals surface area contributed by atoms with Gasteiger partial charge in [-0.3, -0.25) is 0 Å². The first-order valence-electron chi connectivity index (χ1n) is 5.64. The molecule has 1 atom stereocenters. The third kappa shape index (κ3) is 10.5. The third-order valence-corrected chi connectivity index (χ3v) is 2.74. The first-order valence-corrected chi connectivity index (χ1v) is 6.56. The number of hydrogen-bond donors (Lipinski definition) is 0. The maximum absolute atomic E-state index is 5.38. The maximum atomic E-state index is 5.38. The van der Waals surface area contributed by atoms with Crippen molar-refractivity contribution in [3.8, 4) is 0 Å². The van der Waals surface area contributed by atoms with Crippen molar-refractivity contribution in [2.24, 2.45) is 0 Å². The van der Waals surface area contributed by atoms with Crippen LogP contribution in [0.25, 0.3) is 0 Å². The first kappa shape index (κ1) is 14.4. The van der Waals surface area contributed by atoms with Gasteiger partial charge in [0.25, 0.3) is 0 Å². The monoisotopic (exact) mass is 266 g/mol. The fourth-order valence-corrected chi connectivity index (χ4v) is 1.86. The molecule has 1 unspecified atom stereocenters. The molecular formula is C11H23BrO2. The summed E-state index contributed by atoms with van der Waals surface area (Å²) in [5.74, 6) is 0. The molecule has 0 heterocycles. The predicted molar refractivity (Wildman–Crippen MR) is 63.9 cm³/mol. The first-order chi connectivity index (χ1) is 6.81. The minimum Gasteiger partial charge on any atom is -0.382 e. The number of halogens is 1. The molecule has 86 valence electrons. The fraction of sp³-hybridized carbons (Fsp3) is 1.00. The summed E-state index contributed by atoms with van der Waals surface area (Å²) < 4.78 is 10.6. The van der Waals surface area contributed by atoms with Crippen LogP contribution in [0.5, 0.6) is 0 Å². The zero-order valence-electron chi connectivity index (χ0n) is 9.43. The number of ether oxygens (including phenoxy) is 2. The summed E-state index contributed by atoms with van der Waals surface area (Å²) in [6.07, 6.45) is 6.09. The van der Waals surface area contributed by atoms with E-state index in [1.54, 1.807) is 0 Å². The minimum atomic E-state index is 0.249. The van der Waals surface area contributed by atoms with E-state index in [0.29, 0.717) is 0 Å². The van der Waals surface area contributed by atoms with Gasteiger partial charge >= 0.3 is 0 Å². The van der Waals surface area contributed by atoms with Crippen LogP contribution in [0.4, 0.5) is 0 Å². The normalized spacial score (nSPS) is 13.1. The van der Waals surface area contributed by atoms with Crippen molar-refractivity contribution in [2.45, 2.75) is 51.0 Å². The average molecular weight is 267 g/mol. The Morgan fingerprint density at radius 1 is 1.00 bits per heavy atom. The lowest BCUT2D eigenvalue weighted by molar-refractivity contribution is 0.120. The molecule has 0 aliphatic carbocycles. The van der Waals surface area contributed by atoms with E-state index in [2.05, 4.69) is 15.9 Å². The second kappa shape index (κ2) is 11.5. The molecule has 0 spiro atoms. The highest BCUT2D eigenvalue weighted by Gasteiger charge is 2.01. The molecule has 0 aromatic carbocycles. The lowest BCUT2D eigenvalue weighted by Gasteiger charge is -2.08. The quantitative estimate of drug-likeness (QED) is 0.443. The molecule has 0 saturated carbocycles. The van der Waals surface area contributed by atoms with E-state index in [0.717, 1.165) is 26.2 Å². The molecule has 0 saturated heterocycles. The summed E-state index contributed by atoms with van der Waals surface area (Å²) in [6.45, 7) is 6.61. The Labute approximate surface area is 96.5 Å². The van der Waals surface area contributed by atoms with Crippen LogP contribution >= 0.6 is 15.9 Å². The lowest BCUT2D eigenvalue weighted by atomic mass is 10.1. The largest absolute Gasteiger partial charge is 0.382 e. The molecule has 0 amide bonds. The van der Waals surface area contributed by atoms with Gasteiger partial charge in [0.2, 0.25) is 0 Å². The molecular weight excluding hydrogens is 244 g/mol. The predicted octanol–water partition coefficient (Wildman–Crippen LogP) is 3.73. The molecule has 14 heavy (non-hydrogen) atoms. The van der Waals surface area contributed by atoms with Gasteiger partial charge in [-0.1, -0.05) is 28.8 Å². The Bertz CT molecular complexity index is 109. The van der Waals surface area contributed by atoms with Gasteiger partial charge in [0.05, 0.1) is 0 Å². The van der Waals surface area contributed by atoms with Gasteiger partial charge in [-0.25, -0.2) is 0 Å². The van der Waals surface area contributed by atoms with Crippen molar-refractivity contribution >= 4 is 15.9 Å². The highest BCUT2D eigenvalue weighted by atomic mass is 79.9. The van der Waals surface area contributed by atoms with Gasteiger partial charge in [-0.05, 0) is 33.1 Å². The Morgan fingerprint density at radius 2 is 1.71 bits per heavy atom. The van der Waals surface area contributed by atoms with Crippen LogP contribution in [0.3, 0.4) is 0 Å². The minimum absolute atomic E-state index is 0.249. The molecule has 0 aromatic heterocycles. The number of alkyl halides is 1. The fourth-order valence-electron chi connectivity index (χ4n) is 1.27. The van der Waals surface area contributed by atoms with E-state index in [1.807, 2.05) is 13.8 Å². The van der Waals surface area contributed by atoms with Crippen molar-refractivity contribution in [1.29, 1.82) is 0 Å². The van der Waals surface area contributed by atoms with Gasteiger partial charge in [0.1, 0.15) is 5.01 Å². The van der Waals surface area contributed by atoms with Crippen LogP contribution in [0.1, 0.15) is 46.0 Å². The highest BCUT2D eigenvalue weighted by molar-refractivity contribution is 9.09. The van der Waals surface area contributed by atoms with Gasteiger partial charge in [-0.2, -0.15) is 0 Å². The standard InChI is InChI=1S/C11H23BrO2/c1-3-13-10-8-6-5-7-9-11(12)14-4-2/h11H,3-10H2,1-2H3. The molecule has 2 nitrogen and oxygen atoms in total. The molecule has 0 aliphatic rings. The van der Waals surface area contributed by atoms with E-state index in [4.69, 9.17) is 9.47 Å². The van der Waals surface area contributed by atoms with Crippen LogP contribution < -0.4 is 0 Å². The smallest absolute Gasteiger partial charge is 0.112 e. The van der Waals surface area contributed by atoms with E-state index in [9.17, 15) is 0 Å². The Balaban J connectivity index is 2.98. The van der Waals surface area contributed by atoms with Crippen molar-refractivity contribution in [3.63, 3.8) is 0 Å². The van der Waals surface area contributed by atoms with Gasteiger partial charge in [0, 0.05) is 19.8 Å². The number of rotatable bonds is 10. The van der Waals surface area contributed by atoms with Gasteiger partial charge in [0.15, 0.2) is 0 Å². The molecule has 0 aliphatic heterocycles. The highest BCUT2D eigenvalue weighted by Crippen LogP contribution is 2.12. The number of unbranched alkanes of at least 4 members (excludes halogenated alkanes) is 3. The second-order valence-corrected chi connectivity index (χ2v) is 4.29. The zero-order valence-corrected chi connectivity index (χ0v) is 11.0. The van der Waals surface area contributed by atoms with Crippen molar-refractivity contribution in [1.82, 2.24) is 0 Å². The van der Waals surface area contributed by atoms with Crippen molar-refractivity contribution in [2.75, 3.05) is 19.8 Å². The average Bonchev–Trinajstić information content (AvgIpc) is 2.17. The zero-order chi connectivity index (χ0) is 10.6. The molecule has 0 fully saturated rings. The summed E-state index contributed by atoms with van der Waals surface area (Å²) in [6, 6.07) is 0. The molecule has 0 bridgehead atoms. The molecule has 0 N–H and O–H groups in total. The third-order valence-electron chi connectivity index (χ3n) is 2.02. The Hall–Kier alpha value is 0.400. The van der Waals surface area contributed by atoms with E-state index in [-0.39, 0.29) is 5.01 Å². The molecule has 3 heteroatoms. The van der Waals surface area contributed by atoms with Crippen LogP contribution in [-0.4, -0.2) is 24.8 Å². The summed E-state index contributed by atoms with van der Waals surface area (Å²) in [7, 11) is 0. The van der Waals surface area contributed by atoms with E-state index >= 15 is 0 Å². The Kier molecular flexibility index (Phi) is 11.8. The van der Waals surface area contributed by atoms with E-state index in [1.165, 1.54) is 25.7 Å². The van der Waals surface area contributed by atoms with E-state index < -0.39 is 0 Å². The molecule has 0 rings (SSSR count). The summed E-state index contributed by atoms with van der Waals surface area (Å²) >= 11 is 3.49. The second-order valence-electron chi connectivity index (χ2n) is 3.27. The van der Waals surface area contributed by atoms with Crippen LogP contribution in [0.15, 0.2) is 0 Å². The van der Waals surface area contributed by atoms with Crippen molar-refractivity contribution < 1.29 is 9.47 Å². The topological polar surface area (TPSA) is 18.5 Å². The SMILES string of the molecule is CCOCCCCCCC(Br)OCC. The maximum Gasteiger partial charge on any atom is 0.112 e. The molecule has 0 aromatic rings. The summed E-state index contributed by atoms with van der Waals surface area (Å²) in [4.78, 5) is 0. The summed E-state index contributed by atoms with van der Waals surface area (Å²) in [5, 5.41) is 0.249. The summed E-state index contributed by atoms with van der Waals surface area (Å²) in [5.41, 5.74) is 0. The molecule has 0 radical (unpaired) electrons. The lowest BCUT2D eigenvalue weighted by Crippen LogP contribution is -2.03. The van der Waals surface area contributed by atoms with Crippen LogP contribution in [0, 0.1) is 0 Å². The number of hydrogen-bond acceptors (Lipinski definition) is 2. The van der Waals surface area contributed by atoms with Crippen molar-refractivity contribution in [3.05, 3.63) is 0 Å². The van der Waals surface area contributed by atoms with Gasteiger partial charge in [-0.15, -0.1) is 0 Å². The van der Waals surface area contributed by atoms with Crippen LogP contribution in [-0.2, 0) is 9.47 Å².